The summed E-state index contributed by atoms with van der Waals surface area (Å²) < 4.78 is 6.54. The average molecular weight is 380 g/mol. The van der Waals surface area contributed by atoms with Gasteiger partial charge in [-0.2, -0.15) is 0 Å². The Hall–Kier alpha value is -3.59. The lowest BCUT2D eigenvalue weighted by Crippen LogP contribution is -2.28. The Morgan fingerprint density at radius 3 is 2.57 bits per heavy atom. The van der Waals surface area contributed by atoms with Crippen LogP contribution in [0.1, 0.15) is 26.4 Å². The van der Waals surface area contributed by atoms with E-state index in [0.29, 0.717) is 35.8 Å². The number of carbonyl (C=O) groups is 2. The number of methoxy groups -OCH3 is 1. The zero-order valence-electron chi connectivity index (χ0n) is 15.5. The van der Waals surface area contributed by atoms with Crippen LogP contribution in [0.3, 0.4) is 0 Å². The number of nitrogens with zero attached hydrogens (tertiary/aromatic N) is 4. The number of pyridine rings is 1. The maximum atomic E-state index is 12.6. The highest BCUT2D eigenvalue weighted by Crippen LogP contribution is 2.20. The van der Waals surface area contributed by atoms with Crippen LogP contribution in [0.25, 0.3) is 5.82 Å². The maximum absolute atomic E-state index is 12.6. The molecule has 0 saturated heterocycles. The molecule has 2 heterocycles. The first kappa shape index (κ1) is 19.2. The molecule has 2 N–H and O–H groups in total. The molecule has 0 saturated carbocycles. The molecule has 0 bridgehead atoms. The molecule has 9 nitrogen and oxygen atoms in total. The van der Waals surface area contributed by atoms with Crippen LogP contribution in [0.4, 0.5) is 5.69 Å². The first-order chi connectivity index (χ1) is 13.6. The fourth-order valence-corrected chi connectivity index (χ4v) is 2.58. The molecule has 3 rings (SSSR count). The fourth-order valence-electron chi connectivity index (χ4n) is 2.58. The molecular weight excluding hydrogens is 360 g/mol. The van der Waals surface area contributed by atoms with Crippen LogP contribution in [-0.4, -0.2) is 51.8 Å². The van der Waals surface area contributed by atoms with Gasteiger partial charge in [0.2, 0.25) is 0 Å². The largest absolute Gasteiger partial charge is 0.383 e. The zero-order valence-corrected chi connectivity index (χ0v) is 15.5. The number of rotatable bonds is 7. The van der Waals surface area contributed by atoms with Gasteiger partial charge >= 0.3 is 0 Å². The van der Waals surface area contributed by atoms with Gasteiger partial charge in [0.1, 0.15) is 24.2 Å². The minimum Gasteiger partial charge on any atom is -0.383 e. The standard InChI is InChI=1S/C19H20N6O3/c1-13-14(18(26)20-9-10-28-2)5-3-6-15(13)24-19(27)16-7-4-8-17(23-16)25-11-21-22-12-25/h3-8,11-12H,9-10H2,1-2H3,(H,20,26)(H,24,27). The summed E-state index contributed by atoms with van der Waals surface area (Å²) in [4.78, 5) is 29.3. The highest BCUT2D eigenvalue weighted by molar-refractivity contribution is 6.05. The summed E-state index contributed by atoms with van der Waals surface area (Å²) in [7, 11) is 1.57. The summed E-state index contributed by atoms with van der Waals surface area (Å²) >= 11 is 0. The summed E-state index contributed by atoms with van der Waals surface area (Å²) in [5.74, 6) is -0.0750. The fraction of sp³-hybridized carbons (Fsp3) is 0.211. The molecule has 0 unspecified atom stereocenters. The Balaban J connectivity index is 1.77. The van der Waals surface area contributed by atoms with Crippen LogP contribution in [0.2, 0.25) is 0 Å². The Kier molecular flexibility index (Phi) is 6.07. The van der Waals surface area contributed by atoms with Gasteiger partial charge < -0.3 is 15.4 Å². The van der Waals surface area contributed by atoms with E-state index in [0.717, 1.165) is 0 Å². The monoisotopic (exact) mass is 380 g/mol. The quantitative estimate of drug-likeness (QED) is 0.602. The lowest BCUT2D eigenvalue weighted by Gasteiger charge is -2.13. The molecule has 0 aliphatic heterocycles. The predicted molar refractivity (Wildman–Crippen MR) is 102 cm³/mol. The lowest BCUT2D eigenvalue weighted by molar-refractivity contribution is 0.0935. The molecule has 0 radical (unpaired) electrons. The Morgan fingerprint density at radius 1 is 1.07 bits per heavy atom. The smallest absolute Gasteiger partial charge is 0.274 e. The number of hydrogen-bond donors (Lipinski definition) is 2. The Morgan fingerprint density at radius 2 is 1.82 bits per heavy atom. The third kappa shape index (κ3) is 4.38. The zero-order chi connectivity index (χ0) is 19.9. The van der Waals surface area contributed by atoms with Crippen molar-refractivity contribution in [2.75, 3.05) is 25.6 Å². The molecule has 0 aliphatic carbocycles. The van der Waals surface area contributed by atoms with Crippen LogP contribution in [0.5, 0.6) is 0 Å². The van der Waals surface area contributed by atoms with Crippen molar-refractivity contribution in [3.63, 3.8) is 0 Å². The Labute approximate surface area is 161 Å². The van der Waals surface area contributed by atoms with Gasteiger partial charge in [-0.3, -0.25) is 14.2 Å². The van der Waals surface area contributed by atoms with E-state index in [9.17, 15) is 9.59 Å². The molecule has 0 fully saturated rings. The van der Waals surface area contributed by atoms with Gasteiger partial charge in [-0.15, -0.1) is 10.2 Å². The van der Waals surface area contributed by atoms with Gasteiger partial charge in [-0.1, -0.05) is 12.1 Å². The van der Waals surface area contributed by atoms with E-state index in [-0.39, 0.29) is 17.5 Å². The van der Waals surface area contributed by atoms with E-state index >= 15 is 0 Å². The topological polar surface area (TPSA) is 111 Å². The molecule has 3 aromatic rings. The lowest BCUT2D eigenvalue weighted by atomic mass is 10.1. The van der Waals surface area contributed by atoms with Crippen LogP contribution in [-0.2, 0) is 4.74 Å². The van der Waals surface area contributed by atoms with E-state index in [1.54, 1.807) is 55.0 Å². The van der Waals surface area contributed by atoms with Crippen molar-refractivity contribution in [1.82, 2.24) is 25.1 Å². The molecule has 28 heavy (non-hydrogen) atoms. The highest BCUT2D eigenvalue weighted by Gasteiger charge is 2.15. The molecule has 1 aromatic carbocycles. The molecule has 0 spiro atoms. The van der Waals surface area contributed by atoms with E-state index in [1.165, 1.54) is 12.7 Å². The van der Waals surface area contributed by atoms with Crippen molar-refractivity contribution in [1.29, 1.82) is 0 Å². The summed E-state index contributed by atoms with van der Waals surface area (Å²) in [6, 6.07) is 10.2. The summed E-state index contributed by atoms with van der Waals surface area (Å²) in [5.41, 5.74) is 1.93. The second-order valence-electron chi connectivity index (χ2n) is 5.93. The summed E-state index contributed by atoms with van der Waals surface area (Å²) in [6.07, 6.45) is 3.00. The molecule has 0 aliphatic rings. The van der Waals surface area contributed by atoms with E-state index < -0.39 is 0 Å². The van der Waals surface area contributed by atoms with Crippen LogP contribution < -0.4 is 10.6 Å². The minimum atomic E-state index is -0.380. The number of benzene rings is 1. The normalized spacial score (nSPS) is 10.5. The van der Waals surface area contributed by atoms with Gasteiger partial charge in [0.05, 0.1) is 6.61 Å². The first-order valence-corrected chi connectivity index (χ1v) is 8.60. The number of carbonyl (C=O) groups excluding carboxylic acids is 2. The van der Waals surface area contributed by atoms with E-state index in [1.807, 2.05) is 0 Å². The van der Waals surface area contributed by atoms with E-state index in [2.05, 4.69) is 25.8 Å². The van der Waals surface area contributed by atoms with Crippen molar-refractivity contribution in [3.05, 3.63) is 65.9 Å². The number of anilines is 1. The minimum absolute atomic E-state index is 0.224. The second kappa shape index (κ2) is 8.87. The van der Waals surface area contributed by atoms with Gasteiger partial charge in [0, 0.05) is 24.9 Å². The Bertz CT molecular complexity index is 972. The van der Waals surface area contributed by atoms with Crippen molar-refractivity contribution in [2.45, 2.75) is 6.92 Å². The van der Waals surface area contributed by atoms with Crippen LogP contribution >= 0.6 is 0 Å². The van der Waals surface area contributed by atoms with Crippen LogP contribution in [0.15, 0.2) is 49.1 Å². The molecule has 2 amide bonds. The molecule has 0 atom stereocenters. The molecular formula is C19H20N6O3. The van der Waals surface area contributed by atoms with Crippen molar-refractivity contribution in [2.24, 2.45) is 0 Å². The summed E-state index contributed by atoms with van der Waals surface area (Å²) in [5, 5.41) is 13.1. The second-order valence-corrected chi connectivity index (χ2v) is 5.93. The van der Waals surface area contributed by atoms with Crippen molar-refractivity contribution in [3.8, 4) is 5.82 Å². The predicted octanol–water partition coefficient (Wildman–Crippen LogP) is 1.60. The number of ether oxygens (including phenoxy) is 1. The first-order valence-electron chi connectivity index (χ1n) is 8.60. The highest BCUT2D eigenvalue weighted by atomic mass is 16.5. The number of aromatic nitrogens is 4. The number of amides is 2. The maximum Gasteiger partial charge on any atom is 0.274 e. The molecule has 9 heteroatoms. The average Bonchev–Trinajstić information content (AvgIpc) is 3.24. The van der Waals surface area contributed by atoms with Crippen LogP contribution in [0, 0.1) is 6.92 Å². The molecule has 144 valence electrons. The van der Waals surface area contributed by atoms with Gasteiger partial charge in [0.25, 0.3) is 11.8 Å². The third-order valence-corrected chi connectivity index (χ3v) is 4.07. The third-order valence-electron chi connectivity index (χ3n) is 4.07. The van der Waals surface area contributed by atoms with Crippen molar-refractivity contribution >= 4 is 17.5 Å². The van der Waals surface area contributed by atoms with Gasteiger partial charge in [0.15, 0.2) is 0 Å². The number of hydrogen-bond acceptors (Lipinski definition) is 6. The van der Waals surface area contributed by atoms with Gasteiger partial charge in [-0.25, -0.2) is 4.98 Å². The number of nitrogens with one attached hydrogen (secondary N) is 2. The SMILES string of the molecule is COCCNC(=O)c1cccc(NC(=O)c2cccc(-n3cnnc3)n2)c1C. The molecule has 2 aromatic heterocycles. The summed E-state index contributed by atoms with van der Waals surface area (Å²) in [6.45, 7) is 2.61. The van der Waals surface area contributed by atoms with Gasteiger partial charge in [-0.05, 0) is 36.8 Å². The van der Waals surface area contributed by atoms with Crippen molar-refractivity contribution < 1.29 is 14.3 Å². The van der Waals surface area contributed by atoms with E-state index in [4.69, 9.17) is 4.74 Å².